The Balaban J connectivity index is 1.27. The first-order valence-electron chi connectivity index (χ1n) is 10.9. The van der Waals surface area contributed by atoms with Gasteiger partial charge in [-0.25, -0.2) is 4.79 Å². The molecule has 0 aromatic heterocycles. The van der Waals surface area contributed by atoms with Crippen molar-refractivity contribution in [3.8, 4) is 5.75 Å². The first kappa shape index (κ1) is 21.4. The van der Waals surface area contributed by atoms with Gasteiger partial charge in [0.05, 0.1) is 0 Å². The summed E-state index contributed by atoms with van der Waals surface area (Å²) in [4.78, 5) is 26.6. The molecule has 32 heavy (non-hydrogen) atoms. The first-order chi connectivity index (χ1) is 15.7. The molecule has 0 unspecified atom stereocenters. The van der Waals surface area contributed by atoms with E-state index in [1.807, 2.05) is 71.6 Å². The van der Waals surface area contributed by atoms with Crippen LogP contribution in [0.5, 0.6) is 5.75 Å². The second kappa shape index (κ2) is 10.5. The van der Waals surface area contributed by atoms with E-state index in [2.05, 4.69) is 10.6 Å². The van der Waals surface area contributed by atoms with Gasteiger partial charge in [0.15, 0.2) is 0 Å². The van der Waals surface area contributed by atoms with Crippen molar-refractivity contribution in [1.29, 1.82) is 0 Å². The Morgan fingerprint density at radius 3 is 2.34 bits per heavy atom. The van der Waals surface area contributed by atoms with Crippen LogP contribution in [0, 0.1) is 0 Å². The van der Waals surface area contributed by atoms with Crippen LogP contribution in [0.4, 0.5) is 10.5 Å². The predicted molar refractivity (Wildman–Crippen MR) is 125 cm³/mol. The van der Waals surface area contributed by atoms with Gasteiger partial charge in [-0.1, -0.05) is 42.5 Å². The Kier molecular flexibility index (Phi) is 7.02. The van der Waals surface area contributed by atoms with E-state index < -0.39 is 0 Å². The van der Waals surface area contributed by atoms with Crippen molar-refractivity contribution in [1.82, 2.24) is 10.2 Å². The average molecular weight is 430 g/mol. The highest BCUT2D eigenvalue weighted by atomic mass is 16.5. The quantitative estimate of drug-likeness (QED) is 0.566. The summed E-state index contributed by atoms with van der Waals surface area (Å²) in [5.41, 5.74) is 3.24. The third-order valence-corrected chi connectivity index (χ3v) is 5.39. The second-order valence-electron chi connectivity index (χ2n) is 7.81. The fraction of sp³-hybridized carbons (Fsp3) is 0.231. The highest BCUT2D eigenvalue weighted by Gasteiger charge is 2.17. The minimum atomic E-state index is -0.146. The molecular weight excluding hydrogens is 402 g/mol. The number of hydrogen-bond donors (Lipinski definition) is 2. The molecule has 0 atom stereocenters. The molecule has 164 valence electrons. The molecule has 1 saturated heterocycles. The summed E-state index contributed by atoms with van der Waals surface area (Å²) in [5, 5.41) is 5.87. The van der Waals surface area contributed by atoms with Gasteiger partial charge in [-0.15, -0.1) is 0 Å². The number of rotatable bonds is 7. The van der Waals surface area contributed by atoms with Gasteiger partial charge in [-0.3, -0.25) is 4.79 Å². The van der Waals surface area contributed by atoms with E-state index >= 15 is 0 Å². The van der Waals surface area contributed by atoms with Crippen molar-refractivity contribution >= 4 is 17.6 Å². The van der Waals surface area contributed by atoms with Crippen molar-refractivity contribution in [2.24, 2.45) is 0 Å². The second-order valence-corrected chi connectivity index (χ2v) is 7.81. The van der Waals surface area contributed by atoms with Crippen LogP contribution in [0.15, 0.2) is 78.9 Å². The lowest BCUT2D eigenvalue weighted by Gasteiger charge is -2.16. The zero-order valence-electron chi connectivity index (χ0n) is 17.9. The number of likely N-dealkylation sites (tertiary alicyclic amines) is 1. The number of anilines is 1. The number of urea groups is 1. The number of hydrogen-bond acceptors (Lipinski definition) is 3. The van der Waals surface area contributed by atoms with Crippen LogP contribution in [-0.2, 0) is 13.2 Å². The van der Waals surface area contributed by atoms with Crippen molar-refractivity contribution in [2.75, 3.05) is 18.4 Å². The fourth-order valence-electron chi connectivity index (χ4n) is 3.60. The summed E-state index contributed by atoms with van der Waals surface area (Å²) in [5.74, 6) is 0.667. The van der Waals surface area contributed by atoms with Gasteiger partial charge >= 0.3 is 6.03 Å². The van der Waals surface area contributed by atoms with Crippen LogP contribution in [0.25, 0.3) is 0 Å². The molecule has 6 heteroatoms. The first-order valence-corrected chi connectivity index (χ1v) is 10.9. The van der Waals surface area contributed by atoms with Crippen molar-refractivity contribution in [2.45, 2.75) is 26.0 Å². The fourth-order valence-corrected chi connectivity index (χ4v) is 3.60. The van der Waals surface area contributed by atoms with Crippen LogP contribution in [0.2, 0.25) is 0 Å². The van der Waals surface area contributed by atoms with Gasteiger partial charge in [0, 0.05) is 30.9 Å². The summed E-state index contributed by atoms with van der Waals surface area (Å²) in [7, 11) is 0. The van der Waals surface area contributed by atoms with E-state index in [1.54, 1.807) is 12.1 Å². The minimum Gasteiger partial charge on any atom is -0.489 e. The highest BCUT2D eigenvalue weighted by Crippen LogP contribution is 2.15. The number of ether oxygens (including phenoxy) is 1. The number of carbonyl (C=O) groups excluding carboxylic acids is 2. The molecule has 3 aromatic carbocycles. The molecule has 2 N–H and O–H groups in total. The molecule has 6 nitrogen and oxygen atoms in total. The molecule has 0 bridgehead atoms. The molecule has 1 aliphatic rings. The number of amides is 3. The molecule has 3 aromatic rings. The Bertz CT molecular complexity index is 1050. The third kappa shape index (κ3) is 5.88. The number of nitrogens with zero attached hydrogens (tertiary/aromatic N) is 1. The van der Waals surface area contributed by atoms with Gasteiger partial charge in [-0.2, -0.15) is 0 Å². The number of benzene rings is 3. The van der Waals surface area contributed by atoms with E-state index in [9.17, 15) is 9.59 Å². The molecule has 3 amide bonds. The Labute approximate surface area is 188 Å². The molecule has 1 fully saturated rings. The highest BCUT2D eigenvalue weighted by molar-refractivity contribution is 5.94. The van der Waals surface area contributed by atoms with Gasteiger partial charge in [0.1, 0.15) is 12.4 Å². The number of carbonyl (C=O) groups is 2. The van der Waals surface area contributed by atoms with Crippen LogP contribution in [0.3, 0.4) is 0 Å². The van der Waals surface area contributed by atoms with Crippen molar-refractivity contribution in [3.63, 3.8) is 0 Å². The lowest BCUT2D eigenvalue weighted by molar-refractivity contribution is 0.0951. The molecule has 4 rings (SSSR count). The third-order valence-electron chi connectivity index (χ3n) is 5.39. The van der Waals surface area contributed by atoms with Crippen LogP contribution in [-0.4, -0.2) is 29.9 Å². The maximum Gasteiger partial charge on any atom is 0.321 e. The SMILES string of the molecule is O=C(NCc1cccc(NC(=O)N2CCCC2)c1)c1ccc(COc2ccccc2)cc1. The Hall–Kier alpha value is -3.80. The zero-order valence-corrected chi connectivity index (χ0v) is 17.9. The molecule has 0 saturated carbocycles. The standard InChI is InChI=1S/C26H27N3O3/c30-25(22-13-11-20(12-14-22)19-32-24-9-2-1-3-10-24)27-18-21-7-6-8-23(17-21)28-26(31)29-15-4-5-16-29/h1-3,6-14,17H,4-5,15-16,18-19H2,(H,27,30)(H,28,31). The maximum absolute atomic E-state index is 12.5. The summed E-state index contributed by atoms with van der Waals surface area (Å²) < 4.78 is 5.74. The largest absolute Gasteiger partial charge is 0.489 e. The van der Waals surface area contributed by atoms with Gasteiger partial charge in [-0.05, 0) is 60.4 Å². The summed E-state index contributed by atoms with van der Waals surface area (Å²) in [6, 6.07) is 24.5. The average Bonchev–Trinajstić information content (AvgIpc) is 3.38. The van der Waals surface area contributed by atoms with E-state index in [0.717, 1.165) is 48.5 Å². The van der Waals surface area contributed by atoms with Crippen LogP contribution >= 0.6 is 0 Å². The number of para-hydroxylation sites is 1. The van der Waals surface area contributed by atoms with E-state index in [4.69, 9.17) is 4.74 Å². The van der Waals surface area contributed by atoms with Crippen molar-refractivity contribution < 1.29 is 14.3 Å². The van der Waals surface area contributed by atoms with Crippen LogP contribution < -0.4 is 15.4 Å². The number of nitrogens with one attached hydrogen (secondary N) is 2. The Morgan fingerprint density at radius 2 is 1.59 bits per heavy atom. The van der Waals surface area contributed by atoms with E-state index in [0.29, 0.717) is 18.7 Å². The van der Waals surface area contributed by atoms with E-state index in [1.165, 1.54) is 0 Å². The molecule has 1 aliphatic heterocycles. The predicted octanol–water partition coefficient (Wildman–Crippen LogP) is 4.82. The van der Waals surface area contributed by atoms with Gasteiger partial charge in [0.2, 0.25) is 0 Å². The zero-order chi connectivity index (χ0) is 22.2. The molecule has 0 spiro atoms. The molecular formula is C26H27N3O3. The maximum atomic E-state index is 12.5. The van der Waals surface area contributed by atoms with Crippen molar-refractivity contribution in [3.05, 3.63) is 95.6 Å². The lowest BCUT2D eigenvalue weighted by atomic mass is 10.1. The lowest BCUT2D eigenvalue weighted by Crippen LogP contribution is -2.32. The molecule has 0 radical (unpaired) electrons. The van der Waals surface area contributed by atoms with E-state index in [-0.39, 0.29) is 11.9 Å². The van der Waals surface area contributed by atoms with Gasteiger partial charge < -0.3 is 20.3 Å². The molecule has 1 heterocycles. The smallest absolute Gasteiger partial charge is 0.321 e. The summed E-state index contributed by atoms with van der Waals surface area (Å²) in [6.07, 6.45) is 2.11. The topological polar surface area (TPSA) is 70.7 Å². The summed E-state index contributed by atoms with van der Waals surface area (Å²) >= 11 is 0. The molecule has 0 aliphatic carbocycles. The normalized spacial score (nSPS) is 12.9. The Morgan fingerprint density at radius 1 is 0.844 bits per heavy atom. The minimum absolute atomic E-state index is 0.0694. The summed E-state index contributed by atoms with van der Waals surface area (Å²) in [6.45, 7) is 2.44. The van der Waals surface area contributed by atoms with Gasteiger partial charge in [0.25, 0.3) is 5.91 Å². The monoisotopic (exact) mass is 429 g/mol. The van der Waals surface area contributed by atoms with Crippen LogP contribution in [0.1, 0.15) is 34.3 Å².